The maximum Gasteiger partial charge on any atom is 0.256 e. The van der Waals surface area contributed by atoms with Crippen LogP contribution < -0.4 is 5.32 Å². The van der Waals surface area contributed by atoms with Crippen molar-refractivity contribution >= 4 is 11.7 Å². The van der Waals surface area contributed by atoms with Gasteiger partial charge in [-0.1, -0.05) is 24.3 Å². The summed E-state index contributed by atoms with van der Waals surface area (Å²) < 4.78 is 1.71. The zero-order valence-corrected chi connectivity index (χ0v) is 13.9. The molecule has 0 radical (unpaired) electrons. The number of carbonyl (C=O) groups is 1. The van der Waals surface area contributed by atoms with Crippen LogP contribution in [0.5, 0.6) is 0 Å². The highest BCUT2D eigenvalue weighted by molar-refractivity contribution is 6.03. The van der Waals surface area contributed by atoms with E-state index in [0.29, 0.717) is 17.9 Å². The lowest BCUT2D eigenvalue weighted by Crippen LogP contribution is -2.21. The molecule has 24 heavy (non-hydrogen) atoms. The number of rotatable bonds is 6. The van der Waals surface area contributed by atoms with E-state index in [1.54, 1.807) is 16.9 Å². The molecule has 7 heteroatoms. The fourth-order valence-corrected chi connectivity index (χ4v) is 2.91. The highest BCUT2D eigenvalue weighted by Crippen LogP contribution is 2.15. The molecule has 0 spiro atoms. The molecule has 2 aromatic rings. The summed E-state index contributed by atoms with van der Waals surface area (Å²) in [4.78, 5) is 14.6. The second-order valence-corrected chi connectivity index (χ2v) is 6.20. The number of aliphatic hydroxyl groups is 1. The molecular formula is C17H23N5O2. The molecular weight excluding hydrogens is 306 g/mol. The topological polar surface area (TPSA) is 83.3 Å². The first-order valence-corrected chi connectivity index (χ1v) is 8.35. The molecule has 1 saturated heterocycles. The number of aryl methyl sites for hydroxylation is 1. The molecule has 0 aliphatic carbocycles. The number of likely N-dealkylation sites (tertiary alicyclic amines) is 1. The first kappa shape index (κ1) is 16.6. The van der Waals surface area contributed by atoms with E-state index in [4.69, 9.17) is 0 Å². The summed E-state index contributed by atoms with van der Waals surface area (Å²) in [5.74, 6) is 0.267. The SMILES string of the molecule is CCCn1cc(NC(=O)c2cccc(CN3CC[C@H](O)C3)c2)nn1. The molecule has 2 N–H and O–H groups in total. The number of β-amino-alcohol motifs (C(OH)–C–C–N with tert-alkyl or cyclic N) is 1. The predicted octanol–water partition coefficient (Wildman–Crippen LogP) is 1.51. The van der Waals surface area contributed by atoms with Gasteiger partial charge in [0.15, 0.2) is 5.82 Å². The fraction of sp³-hybridized carbons (Fsp3) is 0.471. The van der Waals surface area contributed by atoms with Crippen molar-refractivity contribution in [2.24, 2.45) is 0 Å². The van der Waals surface area contributed by atoms with Gasteiger partial charge < -0.3 is 10.4 Å². The Morgan fingerprint density at radius 1 is 1.46 bits per heavy atom. The van der Waals surface area contributed by atoms with Crippen LogP contribution in [0.25, 0.3) is 0 Å². The minimum Gasteiger partial charge on any atom is -0.392 e. The Kier molecular flexibility index (Phi) is 5.22. The van der Waals surface area contributed by atoms with Crippen LogP contribution in [-0.2, 0) is 13.1 Å². The van der Waals surface area contributed by atoms with Crippen molar-refractivity contribution in [3.05, 3.63) is 41.6 Å². The lowest BCUT2D eigenvalue weighted by molar-refractivity contribution is 0.102. The number of aromatic nitrogens is 3. The molecule has 128 valence electrons. The number of hydrogen-bond acceptors (Lipinski definition) is 5. The largest absolute Gasteiger partial charge is 0.392 e. The Hall–Kier alpha value is -2.25. The van der Waals surface area contributed by atoms with Crippen LogP contribution in [0.15, 0.2) is 30.5 Å². The third-order valence-electron chi connectivity index (χ3n) is 4.08. The molecule has 1 aromatic heterocycles. The zero-order valence-electron chi connectivity index (χ0n) is 13.9. The second-order valence-electron chi connectivity index (χ2n) is 6.20. The van der Waals surface area contributed by atoms with Gasteiger partial charge >= 0.3 is 0 Å². The monoisotopic (exact) mass is 329 g/mol. The lowest BCUT2D eigenvalue weighted by Gasteiger charge is -2.15. The van der Waals surface area contributed by atoms with E-state index < -0.39 is 0 Å². The minimum absolute atomic E-state index is 0.193. The smallest absolute Gasteiger partial charge is 0.256 e. The Balaban J connectivity index is 1.63. The fourth-order valence-electron chi connectivity index (χ4n) is 2.91. The zero-order chi connectivity index (χ0) is 16.9. The maximum atomic E-state index is 12.4. The van der Waals surface area contributed by atoms with Crippen LogP contribution in [0.2, 0.25) is 0 Å². The molecule has 0 bridgehead atoms. The van der Waals surface area contributed by atoms with Crippen molar-refractivity contribution in [3.63, 3.8) is 0 Å². The van der Waals surface area contributed by atoms with Crippen molar-refractivity contribution in [2.75, 3.05) is 18.4 Å². The van der Waals surface area contributed by atoms with E-state index in [2.05, 4.69) is 27.5 Å². The van der Waals surface area contributed by atoms with Crippen LogP contribution in [0, 0.1) is 0 Å². The van der Waals surface area contributed by atoms with E-state index in [1.807, 2.05) is 18.2 Å². The van der Waals surface area contributed by atoms with Gasteiger partial charge in [0.05, 0.1) is 12.3 Å². The minimum atomic E-state index is -0.234. The number of aliphatic hydroxyl groups excluding tert-OH is 1. The molecule has 1 aliphatic rings. The van der Waals surface area contributed by atoms with Gasteiger partial charge in [0, 0.05) is 31.7 Å². The number of carbonyl (C=O) groups excluding carboxylic acids is 1. The average Bonchev–Trinajstić information content (AvgIpc) is 3.17. The van der Waals surface area contributed by atoms with Crippen molar-refractivity contribution in [1.29, 1.82) is 0 Å². The number of hydrogen-bond donors (Lipinski definition) is 2. The third-order valence-corrected chi connectivity index (χ3v) is 4.08. The molecule has 0 saturated carbocycles. The van der Waals surface area contributed by atoms with E-state index in [9.17, 15) is 9.90 Å². The molecule has 2 heterocycles. The summed E-state index contributed by atoms with van der Waals surface area (Å²) in [5, 5.41) is 20.3. The summed E-state index contributed by atoms with van der Waals surface area (Å²) in [6, 6.07) is 7.55. The molecule has 7 nitrogen and oxygen atoms in total. The highest BCUT2D eigenvalue weighted by Gasteiger charge is 2.20. The van der Waals surface area contributed by atoms with Crippen molar-refractivity contribution in [1.82, 2.24) is 19.9 Å². The Morgan fingerprint density at radius 3 is 3.08 bits per heavy atom. The highest BCUT2D eigenvalue weighted by atomic mass is 16.3. The Labute approximate surface area is 141 Å². The number of anilines is 1. The first-order chi connectivity index (χ1) is 11.6. The molecule has 0 unspecified atom stereocenters. The molecule has 1 fully saturated rings. The molecule has 3 rings (SSSR count). The van der Waals surface area contributed by atoms with E-state index in [0.717, 1.165) is 38.0 Å². The van der Waals surface area contributed by atoms with Crippen molar-refractivity contribution in [3.8, 4) is 0 Å². The van der Waals surface area contributed by atoms with Crippen LogP contribution in [-0.4, -0.2) is 50.1 Å². The van der Waals surface area contributed by atoms with E-state index in [1.165, 1.54) is 0 Å². The molecule has 1 aliphatic heterocycles. The standard InChI is InChI=1S/C17H23N5O2/c1-2-7-22-12-16(19-20-22)18-17(24)14-5-3-4-13(9-14)10-21-8-6-15(23)11-21/h3-5,9,12,15,23H,2,6-8,10-11H2,1H3,(H,18,24)/t15-/m0/s1. The third kappa shape index (κ3) is 4.18. The van der Waals surface area contributed by atoms with Gasteiger partial charge in [0.25, 0.3) is 5.91 Å². The van der Waals surface area contributed by atoms with E-state index in [-0.39, 0.29) is 12.0 Å². The summed E-state index contributed by atoms with van der Waals surface area (Å²) in [7, 11) is 0. The van der Waals surface area contributed by atoms with Crippen LogP contribution in [0.3, 0.4) is 0 Å². The average molecular weight is 329 g/mol. The van der Waals surface area contributed by atoms with Crippen LogP contribution in [0.4, 0.5) is 5.82 Å². The molecule has 1 atom stereocenters. The van der Waals surface area contributed by atoms with Gasteiger partial charge in [-0.25, -0.2) is 0 Å². The number of nitrogens with one attached hydrogen (secondary N) is 1. The van der Waals surface area contributed by atoms with Gasteiger partial charge in [-0.2, -0.15) is 0 Å². The molecule has 1 aromatic carbocycles. The lowest BCUT2D eigenvalue weighted by atomic mass is 10.1. The predicted molar refractivity (Wildman–Crippen MR) is 90.6 cm³/mol. The normalized spacial score (nSPS) is 18.0. The summed E-state index contributed by atoms with van der Waals surface area (Å²) >= 11 is 0. The van der Waals surface area contributed by atoms with Gasteiger partial charge in [-0.3, -0.25) is 14.4 Å². The van der Waals surface area contributed by atoms with Gasteiger partial charge in [0.1, 0.15) is 0 Å². The van der Waals surface area contributed by atoms with E-state index >= 15 is 0 Å². The number of nitrogens with zero attached hydrogens (tertiary/aromatic N) is 4. The summed E-state index contributed by atoms with van der Waals surface area (Å²) in [5.41, 5.74) is 1.66. The van der Waals surface area contributed by atoms with Gasteiger partial charge in [0.2, 0.25) is 0 Å². The summed E-state index contributed by atoms with van der Waals surface area (Å²) in [6.45, 7) is 5.16. The first-order valence-electron chi connectivity index (χ1n) is 8.35. The maximum absolute atomic E-state index is 12.4. The summed E-state index contributed by atoms with van der Waals surface area (Å²) in [6.07, 6.45) is 3.27. The second kappa shape index (κ2) is 7.55. The number of benzene rings is 1. The van der Waals surface area contributed by atoms with Gasteiger partial charge in [-0.05, 0) is 30.5 Å². The van der Waals surface area contributed by atoms with Crippen LogP contribution >= 0.6 is 0 Å². The quantitative estimate of drug-likeness (QED) is 0.839. The van der Waals surface area contributed by atoms with Crippen molar-refractivity contribution < 1.29 is 9.90 Å². The number of amides is 1. The Morgan fingerprint density at radius 2 is 2.33 bits per heavy atom. The van der Waals surface area contributed by atoms with Crippen LogP contribution in [0.1, 0.15) is 35.7 Å². The Bertz CT molecular complexity index is 700. The molecule has 1 amide bonds. The van der Waals surface area contributed by atoms with Gasteiger partial charge in [-0.15, -0.1) is 5.10 Å². The van der Waals surface area contributed by atoms with Crippen molar-refractivity contribution in [2.45, 2.75) is 39.0 Å².